The van der Waals surface area contributed by atoms with Crippen LogP contribution in [-0.2, 0) is 6.54 Å². The molecule has 2 aromatic rings. The summed E-state index contributed by atoms with van der Waals surface area (Å²) in [7, 11) is 0. The third-order valence-electron chi connectivity index (χ3n) is 2.44. The Balaban J connectivity index is 2.05. The van der Waals surface area contributed by atoms with Crippen molar-refractivity contribution < 1.29 is 0 Å². The van der Waals surface area contributed by atoms with Crippen molar-refractivity contribution in [2.24, 2.45) is 0 Å². The molecule has 0 unspecified atom stereocenters. The molecule has 0 aliphatic rings. The van der Waals surface area contributed by atoms with E-state index in [1.807, 2.05) is 13.1 Å². The minimum atomic E-state index is 0.867. The Morgan fingerprint density at radius 2 is 2.19 bits per heavy atom. The molecule has 0 aliphatic carbocycles. The standard InChI is InChI=1S/C12H13BrN2S/c1-8-3-4-16-11(8)7-14-10-5-9(2)12(13)15-6-10/h3-6,14H,7H2,1-2H3. The Labute approximate surface area is 108 Å². The number of hydrogen-bond donors (Lipinski definition) is 1. The van der Waals surface area contributed by atoms with Gasteiger partial charge in [-0.15, -0.1) is 11.3 Å². The van der Waals surface area contributed by atoms with Crippen LogP contribution in [0.5, 0.6) is 0 Å². The molecule has 0 saturated carbocycles. The lowest BCUT2D eigenvalue weighted by Crippen LogP contribution is -1.99. The van der Waals surface area contributed by atoms with Crippen LogP contribution < -0.4 is 5.32 Å². The zero-order chi connectivity index (χ0) is 11.5. The second-order valence-corrected chi connectivity index (χ2v) is 5.46. The Bertz CT molecular complexity index is 494. The highest BCUT2D eigenvalue weighted by molar-refractivity contribution is 9.10. The van der Waals surface area contributed by atoms with Gasteiger partial charge in [-0.1, -0.05) is 0 Å². The predicted octanol–water partition coefficient (Wildman–Crippen LogP) is 4.13. The zero-order valence-corrected chi connectivity index (χ0v) is 11.7. The molecular weight excluding hydrogens is 284 g/mol. The molecule has 2 heterocycles. The average Bonchev–Trinajstić information content (AvgIpc) is 2.66. The highest BCUT2D eigenvalue weighted by Gasteiger charge is 2.01. The second-order valence-electron chi connectivity index (χ2n) is 3.71. The van der Waals surface area contributed by atoms with Gasteiger partial charge in [0.1, 0.15) is 4.60 Å². The van der Waals surface area contributed by atoms with Gasteiger partial charge in [-0.05, 0) is 58.4 Å². The van der Waals surface area contributed by atoms with E-state index < -0.39 is 0 Å². The van der Waals surface area contributed by atoms with Crippen molar-refractivity contribution in [1.82, 2.24) is 4.98 Å². The van der Waals surface area contributed by atoms with E-state index in [4.69, 9.17) is 0 Å². The second kappa shape index (κ2) is 4.97. The third-order valence-corrected chi connectivity index (χ3v) is 4.29. The van der Waals surface area contributed by atoms with E-state index in [-0.39, 0.29) is 0 Å². The van der Waals surface area contributed by atoms with Crippen molar-refractivity contribution in [3.05, 3.63) is 44.3 Å². The maximum absolute atomic E-state index is 4.26. The van der Waals surface area contributed by atoms with Gasteiger partial charge in [0.2, 0.25) is 0 Å². The lowest BCUT2D eigenvalue weighted by atomic mass is 10.2. The molecule has 0 fully saturated rings. The van der Waals surface area contributed by atoms with Crippen LogP contribution in [0.25, 0.3) is 0 Å². The van der Waals surface area contributed by atoms with Gasteiger partial charge in [-0.25, -0.2) is 4.98 Å². The summed E-state index contributed by atoms with van der Waals surface area (Å²) < 4.78 is 0.908. The summed E-state index contributed by atoms with van der Waals surface area (Å²) >= 11 is 5.18. The van der Waals surface area contributed by atoms with Crippen LogP contribution >= 0.6 is 27.3 Å². The average molecular weight is 297 g/mol. The summed E-state index contributed by atoms with van der Waals surface area (Å²) in [5.41, 5.74) is 3.56. The summed E-state index contributed by atoms with van der Waals surface area (Å²) in [5, 5.41) is 5.51. The van der Waals surface area contributed by atoms with Gasteiger partial charge >= 0.3 is 0 Å². The first kappa shape index (κ1) is 11.6. The number of rotatable bonds is 3. The van der Waals surface area contributed by atoms with Crippen LogP contribution in [0.1, 0.15) is 16.0 Å². The van der Waals surface area contributed by atoms with Crippen molar-refractivity contribution in [2.45, 2.75) is 20.4 Å². The van der Waals surface area contributed by atoms with Crippen molar-refractivity contribution in [1.29, 1.82) is 0 Å². The van der Waals surface area contributed by atoms with Gasteiger partial charge in [0.15, 0.2) is 0 Å². The van der Waals surface area contributed by atoms with Crippen LogP contribution in [0, 0.1) is 13.8 Å². The highest BCUT2D eigenvalue weighted by Crippen LogP contribution is 2.20. The topological polar surface area (TPSA) is 24.9 Å². The Morgan fingerprint density at radius 1 is 1.38 bits per heavy atom. The molecule has 0 atom stereocenters. The summed E-state index contributed by atoms with van der Waals surface area (Å²) in [6.45, 7) is 5.05. The summed E-state index contributed by atoms with van der Waals surface area (Å²) in [4.78, 5) is 5.63. The molecule has 0 aromatic carbocycles. The molecule has 84 valence electrons. The number of aromatic nitrogens is 1. The van der Waals surface area contributed by atoms with Gasteiger partial charge in [-0.2, -0.15) is 0 Å². The first-order chi connectivity index (χ1) is 7.66. The molecule has 4 heteroatoms. The number of hydrogen-bond acceptors (Lipinski definition) is 3. The summed E-state index contributed by atoms with van der Waals surface area (Å²) in [6, 6.07) is 4.24. The van der Waals surface area contributed by atoms with E-state index in [1.165, 1.54) is 10.4 Å². The van der Waals surface area contributed by atoms with Crippen molar-refractivity contribution in [2.75, 3.05) is 5.32 Å². The van der Waals surface area contributed by atoms with Gasteiger partial charge in [-0.3, -0.25) is 0 Å². The Hall–Kier alpha value is -0.870. The van der Waals surface area contributed by atoms with E-state index in [2.05, 4.69) is 50.7 Å². The largest absolute Gasteiger partial charge is 0.379 e. The number of anilines is 1. The van der Waals surface area contributed by atoms with Crippen LogP contribution in [0.4, 0.5) is 5.69 Å². The van der Waals surface area contributed by atoms with E-state index >= 15 is 0 Å². The van der Waals surface area contributed by atoms with Crippen molar-refractivity contribution in [3.8, 4) is 0 Å². The predicted molar refractivity (Wildman–Crippen MR) is 73.1 cm³/mol. The lowest BCUT2D eigenvalue weighted by Gasteiger charge is -2.07. The monoisotopic (exact) mass is 296 g/mol. The number of pyridine rings is 1. The van der Waals surface area contributed by atoms with Crippen LogP contribution in [0.3, 0.4) is 0 Å². The first-order valence-electron chi connectivity index (χ1n) is 5.06. The molecule has 0 amide bonds. The first-order valence-corrected chi connectivity index (χ1v) is 6.73. The molecule has 1 N–H and O–H groups in total. The Morgan fingerprint density at radius 3 is 2.81 bits per heavy atom. The SMILES string of the molecule is Cc1cc(NCc2sccc2C)cnc1Br. The number of nitrogens with zero attached hydrogens (tertiary/aromatic N) is 1. The van der Waals surface area contributed by atoms with E-state index in [1.54, 1.807) is 11.3 Å². The maximum Gasteiger partial charge on any atom is 0.109 e. The van der Waals surface area contributed by atoms with Gasteiger partial charge in [0, 0.05) is 11.4 Å². The third kappa shape index (κ3) is 2.62. The van der Waals surface area contributed by atoms with Crippen LogP contribution in [0.2, 0.25) is 0 Å². The van der Waals surface area contributed by atoms with Crippen LogP contribution in [-0.4, -0.2) is 4.98 Å². The fourth-order valence-corrected chi connectivity index (χ4v) is 2.49. The molecule has 0 spiro atoms. The molecule has 2 nitrogen and oxygen atoms in total. The number of aryl methyl sites for hydroxylation is 2. The van der Waals surface area contributed by atoms with Crippen LogP contribution in [0.15, 0.2) is 28.3 Å². The van der Waals surface area contributed by atoms with Gasteiger partial charge in [0.25, 0.3) is 0 Å². The molecule has 0 radical (unpaired) electrons. The molecule has 16 heavy (non-hydrogen) atoms. The molecule has 2 rings (SSSR count). The van der Waals surface area contributed by atoms with Gasteiger partial charge < -0.3 is 5.32 Å². The fourth-order valence-electron chi connectivity index (χ4n) is 1.42. The maximum atomic E-state index is 4.26. The molecule has 2 aromatic heterocycles. The lowest BCUT2D eigenvalue weighted by molar-refractivity contribution is 1.13. The number of halogens is 1. The minimum absolute atomic E-state index is 0.867. The Kier molecular flexibility index (Phi) is 3.61. The number of thiophene rings is 1. The molecular formula is C12H13BrN2S. The smallest absolute Gasteiger partial charge is 0.109 e. The fraction of sp³-hybridized carbons (Fsp3) is 0.250. The molecule has 0 aliphatic heterocycles. The molecule has 0 saturated heterocycles. The highest BCUT2D eigenvalue weighted by atomic mass is 79.9. The summed E-state index contributed by atoms with van der Waals surface area (Å²) in [5.74, 6) is 0. The van der Waals surface area contributed by atoms with E-state index in [0.29, 0.717) is 0 Å². The van der Waals surface area contributed by atoms with Gasteiger partial charge in [0.05, 0.1) is 11.9 Å². The summed E-state index contributed by atoms with van der Waals surface area (Å²) in [6.07, 6.45) is 1.85. The van der Waals surface area contributed by atoms with Crippen molar-refractivity contribution in [3.63, 3.8) is 0 Å². The quantitative estimate of drug-likeness (QED) is 0.861. The zero-order valence-electron chi connectivity index (χ0n) is 9.25. The van der Waals surface area contributed by atoms with E-state index in [9.17, 15) is 0 Å². The normalized spacial score (nSPS) is 10.4. The minimum Gasteiger partial charge on any atom is -0.379 e. The van der Waals surface area contributed by atoms with E-state index in [0.717, 1.165) is 22.4 Å². The van der Waals surface area contributed by atoms with Crippen molar-refractivity contribution >= 4 is 33.0 Å². The number of nitrogens with one attached hydrogen (secondary N) is 1. The molecule has 0 bridgehead atoms.